The van der Waals surface area contributed by atoms with Crippen LogP contribution < -0.4 is 4.74 Å². The van der Waals surface area contributed by atoms with E-state index in [1.165, 1.54) is 11.1 Å². The SMILES string of the molecule is Oc1ccc2c(c1)SCCC=C2c1ccc(O[C@H]2CCN(CCCF)C2)cc1. The number of thioether (sulfide) groups is 1. The molecule has 4 rings (SSSR count). The first kappa shape index (κ1) is 19.3. The maximum absolute atomic E-state index is 12.3. The summed E-state index contributed by atoms with van der Waals surface area (Å²) in [6, 6.07) is 13.9. The van der Waals surface area contributed by atoms with Crippen LogP contribution in [0.5, 0.6) is 11.5 Å². The van der Waals surface area contributed by atoms with Crippen LogP contribution in [-0.2, 0) is 0 Å². The topological polar surface area (TPSA) is 32.7 Å². The Kier molecular flexibility index (Phi) is 6.23. The first-order chi connectivity index (χ1) is 13.7. The molecule has 5 heteroatoms. The summed E-state index contributed by atoms with van der Waals surface area (Å²) in [5, 5.41) is 9.80. The summed E-state index contributed by atoms with van der Waals surface area (Å²) < 4.78 is 18.5. The zero-order valence-corrected chi connectivity index (χ0v) is 16.8. The highest BCUT2D eigenvalue weighted by atomic mass is 32.2. The van der Waals surface area contributed by atoms with Crippen LogP contribution in [0, 0.1) is 0 Å². The van der Waals surface area contributed by atoms with Crippen molar-refractivity contribution in [3.05, 3.63) is 59.7 Å². The highest BCUT2D eigenvalue weighted by Gasteiger charge is 2.23. The summed E-state index contributed by atoms with van der Waals surface area (Å²) in [5.74, 6) is 2.21. The number of aromatic hydroxyl groups is 1. The quantitative estimate of drug-likeness (QED) is 0.730. The zero-order valence-electron chi connectivity index (χ0n) is 15.9. The first-order valence-electron chi connectivity index (χ1n) is 9.94. The van der Waals surface area contributed by atoms with E-state index >= 15 is 0 Å². The van der Waals surface area contributed by atoms with E-state index in [1.54, 1.807) is 17.8 Å². The van der Waals surface area contributed by atoms with Crippen molar-refractivity contribution in [1.82, 2.24) is 4.90 Å². The van der Waals surface area contributed by atoms with Gasteiger partial charge < -0.3 is 9.84 Å². The summed E-state index contributed by atoms with van der Waals surface area (Å²) in [6.45, 7) is 2.43. The van der Waals surface area contributed by atoms with Gasteiger partial charge in [0, 0.05) is 30.3 Å². The third-order valence-electron chi connectivity index (χ3n) is 5.28. The number of fused-ring (bicyclic) bond motifs is 1. The summed E-state index contributed by atoms with van der Waals surface area (Å²) in [5.41, 5.74) is 3.55. The number of ether oxygens (including phenoxy) is 1. The maximum atomic E-state index is 12.3. The van der Waals surface area contributed by atoms with E-state index in [4.69, 9.17) is 4.74 Å². The molecule has 2 aliphatic rings. The Hall–Kier alpha value is -1.98. The van der Waals surface area contributed by atoms with E-state index < -0.39 is 0 Å². The molecule has 0 bridgehead atoms. The van der Waals surface area contributed by atoms with Crippen LogP contribution in [0.15, 0.2) is 53.4 Å². The summed E-state index contributed by atoms with van der Waals surface area (Å²) >= 11 is 1.79. The minimum atomic E-state index is -0.249. The standard InChI is InChI=1S/C23H26FNO2S/c24-11-2-12-25-13-10-20(16-25)27-19-7-4-17(5-8-19)21-3-1-14-28-23-15-18(26)6-9-22(21)23/h3-9,15,20,26H,1-2,10-14,16H2/t20-/m0/s1. The smallest absolute Gasteiger partial charge is 0.119 e. The highest BCUT2D eigenvalue weighted by molar-refractivity contribution is 7.99. The van der Waals surface area contributed by atoms with Crippen molar-refractivity contribution >= 4 is 17.3 Å². The molecule has 0 aromatic heterocycles. The number of hydrogen-bond donors (Lipinski definition) is 1. The van der Waals surface area contributed by atoms with Gasteiger partial charge in [0.05, 0.1) is 6.67 Å². The van der Waals surface area contributed by atoms with Crippen LogP contribution in [0.4, 0.5) is 4.39 Å². The normalized spacial score (nSPS) is 19.8. The van der Waals surface area contributed by atoms with Gasteiger partial charge in [-0.3, -0.25) is 9.29 Å². The molecule has 0 unspecified atom stereocenters. The number of benzene rings is 2. The Morgan fingerprint density at radius 1 is 1.18 bits per heavy atom. The number of nitrogens with zero attached hydrogens (tertiary/aromatic N) is 1. The lowest BCUT2D eigenvalue weighted by atomic mass is 9.97. The van der Waals surface area contributed by atoms with Crippen LogP contribution in [0.2, 0.25) is 0 Å². The van der Waals surface area contributed by atoms with E-state index in [-0.39, 0.29) is 12.8 Å². The third-order valence-corrected chi connectivity index (χ3v) is 6.37. The van der Waals surface area contributed by atoms with Crippen LogP contribution in [0.3, 0.4) is 0 Å². The second-order valence-electron chi connectivity index (χ2n) is 7.33. The van der Waals surface area contributed by atoms with Gasteiger partial charge >= 0.3 is 0 Å². The van der Waals surface area contributed by atoms with Crippen molar-refractivity contribution in [3.8, 4) is 11.5 Å². The van der Waals surface area contributed by atoms with Gasteiger partial charge in [0.15, 0.2) is 0 Å². The van der Waals surface area contributed by atoms with E-state index in [0.717, 1.165) is 54.4 Å². The molecular formula is C23H26FNO2S. The second kappa shape index (κ2) is 9.01. The van der Waals surface area contributed by atoms with Crippen molar-refractivity contribution < 1.29 is 14.2 Å². The van der Waals surface area contributed by atoms with Crippen LogP contribution in [0.25, 0.3) is 5.57 Å². The van der Waals surface area contributed by atoms with Gasteiger partial charge in [-0.25, -0.2) is 0 Å². The Balaban J connectivity index is 1.45. The fourth-order valence-corrected chi connectivity index (χ4v) is 4.89. The molecule has 1 N–H and O–H groups in total. The minimum absolute atomic E-state index is 0.183. The molecule has 0 aliphatic carbocycles. The highest BCUT2D eigenvalue weighted by Crippen LogP contribution is 2.38. The minimum Gasteiger partial charge on any atom is -0.508 e. The van der Waals surface area contributed by atoms with Crippen molar-refractivity contribution in [2.75, 3.05) is 32.1 Å². The van der Waals surface area contributed by atoms with Gasteiger partial charge in [-0.2, -0.15) is 0 Å². The van der Waals surface area contributed by atoms with E-state index in [9.17, 15) is 9.50 Å². The molecule has 2 heterocycles. The fraction of sp³-hybridized carbons (Fsp3) is 0.391. The van der Waals surface area contributed by atoms with Gasteiger partial charge in [0.1, 0.15) is 17.6 Å². The van der Waals surface area contributed by atoms with Gasteiger partial charge in [0.2, 0.25) is 0 Å². The molecular weight excluding hydrogens is 373 g/mol. The van der Waals surface area contributed by atoms with Crippen LogP contribution in [0.1, 0.15) is 30.4 Å². The fourth-order valence-electron chi connectivity index (χ4n) is 3.89. The largest absolute Gasteiger partial charge is 0.508 e. The number of halogens is 1. The molecule has 148 valence electrons. The molecule has 3 nitrogen and oxygen atoms in total. The number of likely N-dealkylation sites (tertiary alicyclic amines) is 1. The van der Waals surface area contributed by atoms with Gasteiger partial charge in [-0.05, 0) is 66.3 Å². The van der Waals surface area contributed by atoms with Crippen LogP contribution >= 0.6 is 11.8 Å². The van der Waals surface area contributed by atoms with Crippen molar-refractivity contribution in [2.45, 2.75) is 30.3 Å². The monoisotopic (exact) mass is 399 g/mol. The first-order valence-corrected chi connectivity index (χ1v) is 10.9. The lowest BCUT2D eigenvalue weighted by molar-refractivity contribution is 0.198. The lowest BCUT2D eigenvalue weighted by Crippen LogP contribution is -2.26. The molecule has 28 heavy (non-hydrogen) atoms. The number of phenolic OH excluding ortho intramolecular Hbond substituents is 1. The van der Waals surface area contributed by atoms with E-state index in [1.807, 2.05) is 24.3 Å². The molecule has 0 spiro atoms. The van der Waals surface area contributed by atoms with E-state index in [2.05, 4.69) is 23.1 Å². The molecule has 2 aromatic rings. The number of allylic oxidation sites excluding steroid dienone is 1. The Labute approximate surface area is 170 Å². The summed E-state index contributed by atoms with van der Waals surface area (Å²) in [7, 11) is 0. The average molecular weight is 400 g/mol. The number of hydrogen-bond acceptors (Lipinski definition) is 4. The molecule has 0 radical (unpaired) electrons. The van der Waals surface area contributed by atoms with Crippen molar-refractivity contribution in [1.29, 1.82) is 0 Å². The van der Waals surface area contributed by atoms with E-state index in [0.29, 0.717) is 12.2 Å². The average Bonchev–Trinajstić information content (AvgIpc) is 3.04. The Morgan fingerprint density at radius 2 is 2.04 bits per heavy atom. The molecule has 1 saturated heterocycles. The lowest BCUT2D eigenvalue weighted by Gasteiger charge is -2.17. The number of alkyl halides is 1. The molecule has 2 aliphatic heterocycles. The van der Waals surface area contributed by atoms with Gasteiger partial charge in [0.25, 0.3) is 0 Å². The molecule has 0 saturated carbocycles. The van der Waals surface area contributed by atoms with Crippen LogP contribution in [-0.4, -0.2) is 48.2 Å². The predicted molar refractivity (Wildman–Crippen MR) is 113 cm³/mol. The molecule has 1 fully saturated rings. The number of rotatable bonds is 6. The predicted octanol–water partition coefficient (Wildman–Crippen LogP) is 5.13. The summed E-state index contributed by atoms with van der Waals surface area (Å²) in [6.07, 6.45) is 5.07. The third kappa shape index (κ3) is 4.53. The molecule has 2 aromatic carbocycles. The van der Waals surface area contributed by atoms with Crippen molar-refractivity contribution in [3.63, 3.8) is 0 Å². The second-order valence-corrected chi connectivity index (χ2v) is 8.47. The van der Waals surface area contributed by atoms with Gasteiger partial charge in [-0.1, -0.05) is 18.2 Å². The number of phenols is 1. The van der Waals surface area contributed by atoms with Crippen molar-refractivity contribution in [2.24, 2.45) is 0 Å². The molecule has 0 amide bonds. The maximum Gasteiger partial charge on any atom is 0.119 e. The Bertz CT molecular complexity index is 837. The summed E-state index contributed by atoms with van der Waals surface area (Å²) in [4.78, 5) is 3.40. The Morgan fingerprint density at radius 3 is 2.86 bits per heavy atom. The zero-order chi connectivity index (χ0) is 19.3. The van der Waals surface area contributed by atoms with Gasteiger partial charge in [-0.15, -0.1) is 11.8 Å². The molecule has 1 atom stereocenters.